The van der Waals surface area contributed by atoms with Gasteiger partial charge in [0, 0.05) is 36.6 Å². The van der Waals surface area contributed by atoms with Gasteiger partial charge < -0.3 is 25.3 Å². The monoisotopic (exact) mass is 419 g/mol. The third-order valence-corrected chi connectivity index (χ3v) is 5.04. The van der Waals surface area contributed by atoms with Crippen molar-refractivity contribution in [2.45, 2.75) is 39.2 Å². The van der Waals surface area contributed by atoms with Crippen LogP contribution in [0.4, 0.5) is 0 Å². The van der Waals surface area contributed by atoms with Gasteiger partial charge in [0.05, 0.1) is 12.7 Å². The van der Waals surface area contributed by atoms with Gasteiger partial charge in [0.2, 0.25) is 5.91 Å². The average Bonchev–Trinajstić information content (AvgIpc) is 2.77. The highest BCUT2D eigenvalue weighted by Crippen LogP contribution is 2.18. The summed E-state index contributed by atoms with van der Waals surface area (Å²) in [5, 5.41) is 11.6. The van der Waals surface area contributed by atoms with E-state index in [-0.39, 0.29) is 42.6 Å². The Bertz CT molecular complexity index is 769. The first-order valence-corrected chi connectivity index (χ1v) is 10.0. The number of esters is 1. The van der Waals surface area contributed by atoms with E-state index in [1.54, 1.807) is 43.0 Å². The highest BCUT2D eigenvalue weighted by atomic mass is 16.6. The van der Waals surface area contributed by atoms with Gasteiger partial charge in [-0.2, -0.15) is 0 Å². The van der Waals surface area contributed by atoms with Gasteiger partial charge in [0.1, 0.15) is 6.61 Å². The summed E-state index contributed by atoms with van der Waals surface area (Å²) in [4.78, 5) is 38.3. The molecule has 0 spiro atoms. The third kappa shape index (κ3) is 6.55. The summed E-state index contributed by atoms with van der Waals surface area (Å²) < 4.78 is 10.4. The molecule has 1 fully saturated rings. The standard InChI is InChI=1S/C21H29N3O6/c1-3-29-19(26)13-30-17-8-10-24(11-9-17)18(25)12-14(2)20(27)15-4-6-16(7-5-15)21(22)23-28/h4-7,14,17,28H,3,8-13H2,1-2H3,(H2,22,23). The summed E-state index contributed by atoms with van der Waals surface area (Å²) in [7, 11) is 0. The first-order valence-electron chi connectivity index (χ1n) is 10.0. The average molecular weight is 419 g/mol. The zero-order valence-electron chi connectivity index (χ0n) is 17.4. The number of hydrogen-bond donors (Lipinski definition) is 2. The van der Waals surface area contributed by atoms with Crippen molar-refractivity contribution >= 4 is 23.5 Å². The third-order valence-electron chi connectivity index (χ3n) is 5.04. The number of oxime groups is 1. The molecule has 9 nitrogen and oxygen atoms in total. The second-order valence-corrected chi connectivity index (χ2v) is 7.23. The minimum atomic E-state index is -0.468. The highest BCUT2D eigenvalue weighted by molar-refractivity contribution is 6.01. The van der Waals surface area contributed by atoms with Crippen molar-refractivity contribution < 1.29 is 29.1 Å². The number of hydrogen-bond acceptors (Lipinski definition) is 7. The summed E-state index contributed by atoms with van der Waals surface area (Å²) in [5.41, 5.74) is 6.49. The molecule has 9 heteroatoms. The van der Waals surface area contributed by atoms with E-state index in [1.165, 1.54) is 0 Å². The van der Waals surface area contributed by atoms with Crippen LogP contribution >= 0.6 is 0 Å². The van der Waals surface area contributed by atoms with Crippen LogP contribution < -0.4 is 5.73 Å². The molecule has 3 N–H and O–H groups in total. The first kappa shape index (κ1) is 23.3. The van der Waals surface area contributed by atoms with Crippen molar-refractivity contribution in [1.82, 2.24) is 4.90 Å². The summed E-state index contributed by atoms with van der Waals surface area (Å²) in [5.74, 6) is -1.10. The number of likely N-dealkylation sites (tertiary alicyclic amines) is 1. The SMILES string of the molecule is CCOC(=O)COC1CCN(C(=O)CC(C)C(=O)c2ccc(/C(N)=N/O)cc2)CC1. The minimum absolute atomic E-state index is 0.0353. The predicted octanol–water partition coefficient (Wildman–Crippen LogP) is 1.56. The molecule has 1 unspecified atom stereocenters. The zero-order chi connectivity index (χ0) is 22.1. The maximum absolute atomic E-state index is 12.6. The van der Waals surface area contributed by atoms with Gasteiger partial charge in [-0.1, -0.05) is 36.3 Å². The summed E-state index contributed by atoms with van der Waals surface area (Å²) in [6.45, 7) is 4.77. The second-order valence-electron chi connectivity index (χ2n) is 7.23. The molecule has 1 saturated heterocycles. The fourth-order valence-corrected chi connectivity index (χ4v) is 3.29. The Hall–Kier alpha value is -2.94. The summed E-state index contributed by atoms with van der Waals surface area (Å²) in [6.07, 6.45) is 1.33. The van der Waals surface area contributed by atoms with Crippen LogP contribution in [0.3, 0.4) is 0 Å². The molecule has 1 amide bonds. The highest BCUT2D eigenvalue weighted by Gasteiger charge is 2.26. The van der Waals surface area contributed by atoms with Gasteiger partial charge >= 0.3 is 5.97 Å². The molecule has 1 aliphatic heterocycles. The van der Waals surface area contributed by atoms with E-state index >= 15 is 0 Å². The van der Waals surface area contributed by atoms with Crippen LogP contribution in [0.15, 0.2) is 29.4 Å². The Balaban J connectivity index is 1.80. The lowest BCUT2D eigenvalue weighted by Crippen LogP contribution is -2.42. The largest absolute Gasteiger partial charge is 0.464 e. The number of Topliss-reactive ketones (excluding diaryl/α,β-unsaturated/α-hetero) is 1. The molecule has 30 heavy (non-hydrogen) atoms. The fourth-order valence-electron chi connectivity index (χ4n) is 3.29. The molecule has 0 aliphatic carbocycles. The molecule has 1 heterocycles. The van der Waals surface area contributed by atoms with Crippen LogP contribution in [0.1, 0.15) is 49.0 Å². The number of nitrogens with zero attached hydrogens (tertiary/aromatic N) is 2. The van der Waals surface area contributed by atoms with Gasteiger partial charge in [0.25, 0.3) is 0 Å². The van der Waals surface area contributed by atoms with Crippen LogP contribution in [-0.2, 0) is 19.1 Å². The maximum Gasteiger partial charge on any atom is 0.332 e. The van der Waals surface area contributed by atoms with Crippen LogP contribution in [0.2, 0.25) is 0 Å². The van der Waals surface area contributed by atoms with E-state index in [0.29, 0.717) is 43.7 Å². The molecule has 2 rings (SSSR count). The number of amides is 1. The lowest BCUT2D eigenvalue weighted by molar-refractivity contribution is -0.152. The first-order chi connectivity index (χ1) is 14.3. The van der Waals surface area contributed by atoms with Gasteiger partial charge in [0.15, 0.2) is 11.6 Å². The Labute approximate surface area is 175 Å². The predicted molar refractivity (Wildman–Crippen MR) is 109 cm³/mol. The molecule has 1 aromatic carbocycles. The number of benzene rings is 1. The van der Waals surface area contributed by atoms with Crippen LogP contribution in [-0.4, -0.2) is 66.0 Å². The lowest BCUT2D eigenvalue weighted by atomic mass is 9.94. The molecular weight excluding hydrogens is 390 g/mol. The molecule has 1 aliphatic rings. The Morgan fingerprint density at radius 1 is 1.20 bits per heavy atom. The van der Waals surface area contributed by atoms with E-state index in [2.05, 4.69) is 5.16 Å². The molecule has 0 bridgehead atoms. The van der Waals surface area contributed by atoms with Gasteiger partial charge in [-0.15, -0.1) is 0 Å². The number of piperidine rings is 1. The lowest BCUT2D eigenvalue weighted by Gasteiger charge is -2.32. The number of carbonyl (C=O) groups excluding carboxylic acids is 3. The normalized spacial score (nSPS) is 16.2. The number of ketones is 1. The summed E-state index contributed by atoms with van der Waals surface area (Å²) >= 11 is 0. The number of ether oxygens (including phenoxy) is 2. The topological polar surface area (TPSA) is 132 Å². The van der Waals surface area contributed by atoms with Gasteiger partial charge in [-0.25, -0.2) is 4.79 Å². The Kier molecular flexibility index (Phi) is 8.79. The van der Waals surface area contributed by atoms with E-state index in [4.69, 9.17) is 20.4 Å². The molecule has 0 aromatic heterocycles. The molecule has 0 saturated carbocycles. The minimum Gasteiger partial charge on any atom is -0.464 e. The molecule has 164 valence electrons. The quantitative estimate of drug-likeness (QED) is 0.155. The van der Waals surface area contributed by atoms with Crippen molar-refractivity contribution in [2.75, 3.05) is 26.3 Å². The second kappa shape index (κ2) is 11.3. The molecule has 1 atom stereocenters. The maximum atomic E-state index is 12.6. The van der Waals surface area contributed by atoms with Crippen molar-refractivity contribution in [1.29, 1.82) is 0 Å². The van der Waals surface area contributed by atoms with Gasteiger partial charge in [-0.05, 0) is 19.8 Å². The number of rotatable bonds is 9. The Morgan fingerprint density at radius 2 is 1.80 bits per heavy atom. The van der Waals surface area contributed by atoms with Crippen molar-refractivity contribution in [2.24, 2.45) is 16.8 Å². The van der Waals surface area contributed by atoms with Crippen molar-refractivity contribution in [3.05, 3.63) is 35.4 Å². The van der Waals surface area contributed by atoms with E-state index in [9.17, 15) is 14.4 Å². The molecule has 0 radical (unpaired) electrons. The van der Waals surface area contributed by atoms with Crippen LogP contribution in [0.25, 0.3) is 0 Å². The number of amidine groups is 1. The zero-order valence-corrected chi connectivity index (χ0v) is 17.4. The number of carbonyl (C=O) groups is 3. The van der Waals surface area contributed by atoms with Crippen molar-refractivity contribution in [3.63, 3.8) is 0 Å². The van der Waals surface area contributed by atoms with Crippen LogP contribution in [0, 0.1) is 5.92 Å². The molecular formula is C21H29N3O6. The van der Waals surface area contributed by atoms with E-state index in [1.807, 2.05) is 0 Å². The fraction of sp³-hybridized carbons (Fsp3) is 0.524. The summed E-state index contributed by atoms with van der Waals surface area (Å²) in [6, 6.07) is 6.39. The number of nitrogens with two attached hydrogens (primary N) is 1. The van der Waals surface area contributed by atoms with E-state index < -0.39 is 5.92 Å². The van der Waals surface area contributed by atoms with Crippen LogP contribution in [0.5, 0.6) is 0 Å². The smallest absolute Gasteiger partial charge is 0.332 e. The van der Waals surface area contributed by atoms with E-state index in [0.717, 1.165) is 0 Å². The Morgan fingerprint density at radius 3 is 2.37 bits per heavy atom. The van der Waals surface area contributed by atoms with Crippen molar-refractivity contribution in [3.8, 4) is 0 Å². The molecule has 1 aromatic rings. The van der Waals surface area contributed by atoms with Gasteiger partial charge in [-0.3, -0.25) is 9.59 Å².